The molecule has 0 aromatic carbocycles. The lowest BCUT2D eigenvalue weighted by Crippen LogP contribution is -2.54. The molecule has 0 amide bonds. The first kappa shape index (κ1) is 11.4. The van der Waals surface area contributed by atoms with Gasteiger partial charge in [-0.3, -0.25) is 0 Å². The van der Waals surface area contributed by atoms with Crippen LogP contribution in [0.4, 0.5) is 22.0 Å². The molecule has 1 N–H and O–H groups in total. The van der Waals surface area contributed by atoms with Gasteiger partial charge >= 0.3 is 12.1 Å². The summed E-state index contributed by atoms with van der Waals surface area (Å²) in [4.78, 5) is 0. The molecule has 0 aliphatic rings. The minimum Gasteiger partial charge on any atom is -0.379 e. The summed E-state index contributed by atoms with van der Waals surface area (Å²) in [6.45, 7) is 3.02. The molecule has 0 rings (SSSR count). The van der Waals surface area contributed by atoms with Crippen LogP contribution in [0.25, 0.3) is 0 Å². The van der Waals surface area contributed by atoms with Crippen LogP contribution in [0.3, 0.4) is 0 Å². The molecule has 0 heterocycles. The predicted molar refractivity (Wildman–Crippen MR) is 31.8 cm³/mol. The van der Waals surface area contributed by atoms with Crippen LogP contribution in [0, 0.1) is 0 Å². The minimum atomic E-state index is -5.77. The van der Waals surface area contributed by atoms with E-state index in [9.17, 15) is 22.0 Å². The summed E-state index contributed by atoms with van der Waals surface area (Å²) >= 11 is 0. The van der Waals surface area contributed by atoms with E-state index >= 15 is 0 Å². The van der Waals surface area contributed by atoms with Crippen LogP contribution in [0.5, 0.6) is 0 Å². The van der Waals surface area contributed by atoms with Gasteiger partial charge in [-0.2, -0.15) is 22.0 Å². The average molecular weight is 190 g/mol. The molecule has 0 saturated carbocycles. The highest BCUT2D eigenvalue weighted by Crippen LogP contribution is 2.43. The Kier molecular flexibility index (Phi) is 2.54. The topological polar surface area (TPSA) is 20.2 Å². The Morgan fingerprint density at radius 2 is 1.50 bits per heavy atom. The molecule has 0 saturated heterocycles. The summed E-state index contributed by atoms with van der Waals surface area (Å²) in [5, 5.41) is 8.60. The second-order valence-electron chi connectivity index (χ2n) is 2.42. The van der Waals surface area contributed by atoms with Gasteiger partial charge in [-0.15, -0.1) is 6.58 Å². The van der Waals surface area contributed by atoms with Crippen molar-refractivity contribution >= 4 is 0 Å². The summed E-state index contributed by atoms with van der Waals surface area (Å²) < 4.78 is 59.2. The van der Waals surface area contributed by atoms with E-state index in [1.54, 1.807) is 0 Å². The summed E-state index contributed by atoms with van der Waals surface area (Å²) in [5.74, 6) is -5.18. The van der Waals surface area contributed by atoms with E-state index in [0.29, 0.717) is 6.92 Å². The quantitative estimate of drug-likeness (QED) is 0.522. The number of aliphatic hydroxyl groups is 1. The number of rotatable bonds is 2. The number of hydrogen-bond donors (Lipinski definition) is 1. The zero-order valence-electron chi connectivity index (χ0n) is 6.12. The Hall–Kier alpha value is -0.650. The molecule has 0 unspecified atom stereocenters. The molecule has 12 heavy (non-hydrogen) atoms. The third-order valence-electron chi connectivity index (χ3n) is 1.39. The van der Waals surface area contributed by atoms with Crippen LogP contribution < -0.4 is 0 Å². The van der Waals surface area contributed by atoms with Gasteiger partial charge in [-0.25, -0.2) is 0 Å². The molecule has 0 aromatic heterocycles. The van der Waals surface area contributed by atoms with Crippen molar-refractivity contribution in [2.45, 2.75) is 24.6 Å². The van der Waals surface area contributed by atoms with Crippen molar-refractivity contribution < 1.29 is 27.1 Å². The summed E-state index contributed by atoms with van der Waals surface area (Å²) in [5.41, 5.74) is -3.27. The molecule has 6 heteroatoms. The van der Waals surface area contributed by atoms with E-state index in [2.05, 4.69) is 6.58 Å². The Morgan fingerprint density at radius 3 is 1.58 bits per heavy atom. The highest BCUT2D eigenvalue weighted by molar-refractivity contribution is 5.05. The maximum absolute atomic E-state index is 12.3. The number of alkyl halides is 5. The van der Waals surface area contributed by atoms with Crippen molar-refractivity contribution in [2.24, 2.45) is 0 Å². The monoisotopic (exact) mass is 190 g/mol. The Bertz CT molecular complexity index is 181. The highest BCUT2D eigenvalue weighted by Gasteiger charge is 2.66. The van der Waals surface area contributed by atoms with Crippen molar-refractivity contribution in [3.05, 3.63) is 12.7 Å². The maximum Gasteiger partial charge on any atom is 0.456 e. The smallest absolute Gasteiger partial charge is 0.379 e. The molecule has 0 spiro atoms. The van der Waals surface area contributed by atoms with Gasteiger partial charge in [0.25, 0.3) is 0 Å². The lowest BCUT2D eigenvalue weighted by atomic mass is 9.98. The predicted octanol–water partition coefficient (Wildman–Crippen LogP) is 2.12. The SMILES string of the molecule is C=C[C@@](C)(O)C(F)(F)C(F)(F)F. The normalized spacial score (nSPS) is 18.6. The Morgan fingerprint density at radius 1 is 1.17 bits per heavy atom. The number of halogens is 5. The molecule has 72 valence electrons. The molecular weight excluding hydrogens is 183 g/mol. The average Bonchev–Trinajstić information content (AvgIpc) is 1.85. The fraction of sp³-hybridized carbons (Fsp3) is 0.667. The molecule has 0 aliphatic carbocycles. The second kappa shape index (κ2) is 2.69. The lowest BCUT2D eigenvalue weighted by molar-refractivity contribution is -0.327. The molecule has 0 fully saturated rings. The van der Waals surface area contributed by atoms with E-state index in [-0.39, 0.29) is 6.08 Å². The van der Waals surface area contributed by atoms with Gasteiger partial charge in [-0.1, -0.05) is 6.08 Å². The van der Waals surface area contributed by atoms with Crippen molar-refractivity contribution in [3.63, 3.8) is 0 Å². The summed E-state index contributed by atoms with van der Waals surface area (Å²) in [7, 11) is 0. The standard InChI is InChI=1S/C6H7F5O/c1-3-4(2,12)5(7,8)6(9,10)11/h3,12H,1H2,2H3/t4-/m1/s1. The zero-order valence-corrected chi connectivity index (χ0v) is 6.12. The lowest BCUT2D eigenvalue weighted by Gasteiger charge is -2.30. The van der Waals surface area contributed by atoms with E-state index in [0.717, 1.165) is 0 Å². The van der Waals surface area contributed by atoms with Crippen molar-refractivity contribution in [1.82, 2.24) is 0 Å². The molecule has 1 nitrogen and oxygen atoms in total. The molecular formula is C6H7F5O. The van der Waals surface area contributed by atoms with E-state index in [4.69, 9.17) is 5.11 Å². The zero-order chi connectivity index (χ0) is 10.2. The first-order valence-corrected chi connectivity index (χ1v) is 2.87. The van der Waals surface area contributed by atoms with Gasteiger partial charge < -0.3 is 5.11 Å². The molecule has 1 atom stereocenters. The fourth-order valence-corrected chi connectivity index (χ4v) is 0.415. The van der Waals surface area contributed by atoms with Crippen LogP contribution in [-0.4, -0.2) is 22.8 Å². The highest BCUT2D eigenvalue weighted by atomic mass is 19.4. The maximum atomic E-state index is 12.3. The van der Waals surface area contributed by atoms with Crippen LogP contribution >= 0.6 is 0 Å². The second-order valence-corrected chi connectivity index (χ2v) is 2.42. The van der Waals surface area contributed by atoms with Gasteiger partial charge in [0, 0.05) is 0 Å². The van der Waals surface area contributed by atoms with Gasteiger partial charge in [0.05, 0.1) is 0 Å². The summed E-state index contributed by atoms with van der Waals surface area (Å²) in [6, 6.07) is 0. The first-order chi connectivity index (χ1) is 5.06. The van der Waals surface area contributed by atoms with Crippen molar-refractivity contribution in [3.8, 4) is 0 Å². The molecule has 0 aromatic rings. The Labute approximate surface area is 65.5 Å². The van der Waals surface area contributed by atoms with Crippen LogP contribution in [0.15, 0.2) is 12.7 Å². The van der Waals surface area contributed by atoms with Crippen LogP contribution in [0.2, 0.25) is 0 Å². The van der Waals surface area contributed by atoms with Gasteiger partial charge in [0.2, 0.25) is 0 Å². The van der Waals surface area contributed by atoms with Gasteiger partial charge in [0.15, 0.2) is 5.60 Å². The minimum absolute atomic E-state index is 0.153. The van der Waals surface area contributed by atoms with E-state index in [1.807, 2.05) is 0 Å². The Balaban J connectivity index is 4.97. The van der Waals surface area contributed by atoms with Crippen molar-refractivity contribution in [2.75, 3.05) is 0 Å². The van der Waals surface area contributed by atoms with Crippen LogP contribution in [0.1, 0.15) is 6.92 Å². The number of hydrogen-bond acceptors (Lipinski definition) is 1. The molecule has 0 bridgehead atoms. The van der Waals surface area contributed by atoms with E-state index < -0.39 is 17.7 Å². The third kappa shape index (κ3) is 1.57. The summed E-state index contributed by atoms with van der Waals surface area (Å²) in [6.07, 6.45) is -5.62. The van der Waals surface area contributed by atoms with Crippen molar-refractivity contribution in [1.29, 1.82) is 0 Å². The molecule has 0 radical (unpaired) electrons. The third-order valence-corrected chi connectivity index (χ3v) is 1.39. The van der Waals surface area contributed by atoms with Gasteiger partial charge in [-0.05, 0) is 6.92 Å². The van der Waals surface area contributed by atoms with Gasteiger partial charge in [0.1, 0.15) is 0 Å². The largest absolute Gasteiger partial charge is 0.456 e. The van der Waals surface area contributed by atoms with Crippen LogP contribution in [-0.2, 0) is 0 Å². The fourth-order valence-electron chi connectivity index (χ4n) is 0.415. The van der Waals surface area contributed by atoms with E-state index in [1.165, 1.54) is 0 Å². The molecule has 0 aliphatic heterocycles. The first-order valence-electron chi connectivity index (χ1n) is 2.87.